The van der Waals surface area contributed by atoms with Gasteiger partial charge < -0.3 is 15.4 Å². The summed E-state index contributed by atoms with van der Waals surface area (Å²) in [6.45, 7) is 3.54. The Hall–Kier alpha value is -2.71. The summed E-state index contributed by atoms with van der Waals surface area (Å²) in [7, 11) is 0. The first-order valence-corrected chi connectivity index (χ1v) is 8.24. The lowest BCUT2D eigenvalue weighted by Gasteiger charge is -2.12. The van der Waals surface area contributed by atoms with Crippen molar-refractivity contribution in [3.8, 4) is 16.9 Å². The standard InChI is InChI=1S/C17H19FN6O/c18-15-2-1-12-9-13(15)14-10-22-24-8-3-16(23-17(14)24)21-7-6-19-4-5-20-11-25-12/h1-3,8-10,19-20H,4-7,11H2,(H,21,23). The molecule has 0 radical (unpaired) electrons. The molecule has 0 saturated carbocycles. The van der Waals surface area contributed by atoms with Crippen LogP contribution in [0.3, 0.4) is 0 Å². The van der Waals surface area contributed by atoms with Crippen molar-refractivity contribution in [2.75, 3.05) is 38.2 Å². The fourth-order valence-electron chi connectivity index (χ4n) is 2.75. The van der Waals surface area contributed by atoms with Crippen molar-refractivity contribution < 1.29 is 9.13 Å². The number of fused-ring (bicyclic) bond motifs is 4. The van der Waals surface area contributed by atoms with Gasteiger partial charge in [-0.25, -0.2) is 13.9 Å². The minimum absolute atomic E-state index is 0.333. The van der Waals surface area contributed by atoms with Crippen molar-refractivity contribution in [1.82, 2.24) is 25.2 Å². The average molecular weight is 342 g/mol. The Morgan fingerprint density at radius 2 is 1.92 bits per heavy atom. The smallest absolute Gasteiger partial charge is 0.165 e. The zero-order valence-corrected chi connectivity index (χ0v) is 13.6. The minimum Gasteiger partial charge on any atom is -0.478 e. The van der Waals surface area contributed by atoms with E-state index in [0.29, 0.717) is 29.3 Å². The molecule has 0 saturated heterocycles. The number of anilines is 1. The van der Waals surface area contributed by atoms with E-state index in [9.17, 15) is 4.39 Å². The van der Waals surface area contributed by atoms with Crippen LogP contribution in [0.5, 0.6) is 5.75 Å². The lowest BCUT2D eigenvalue weighted by Crippen LogP contribution is -2.32. The molecule has 0 spiro atoms. The molecular formula is C17H19FN6O. The maximum absolute atomic E-state index is 14.4. The van der Waals surface area contributed by atoms with Gasteiger partial charge in [0.05, 0.1) is 6.20 Å². The molecule has 8 heteroatoms. The molecule has 4 bridgehead atoms. The van der Waals surface area contributed by atoms with Crippen LogP contribution in [-0.2, 0) is 0 Å². The highest BCUT2D eigenvalue weighted by atomic mass is 19.1. The second-order valence-corrected chi connectivity index (χ2v) is 5.75. The number of rotatable bonds is 0. The topological polar surface area (TPSA) is 75.5 Å². The summed E-state index contributed by atoms with van der Waals surface area (Å²) in [6.07, 6.45) is 3.43. The summed E-state index contributed by atoms with van der Waals surface area (Å²) in [4.78, 5) is 4.58. The second kappa shape index (κ2) is 7.04. The Bertz CT molecular complexity index is 881. The largest absolute Gasteiger partial charge is 0.478 e. The molecule has 2 aromatic heterocycles. The summed E-state index contributed by atoms with van der Waals surface area (Å²) in [5.41, 5.74) is 1.65. The highest BCUT2D eigenvalue weighted by Crippen LogP contribution is 2.30. The van der Waals surface area contributed by atoms with Crippen molar-refractivity contribution in [3.63, 3.8) is 0 Å². The van der Waals surface area contributed by atoms with Crippen molar-refractivity contribution in [3.05, 3.63) is 42.5 Å². The number of aromatic nitrogens is 3. The van der Waals surface area contributed by atoms with E-state index in [4.69, 9.17) is 4.74 Å². The zero-order valence-electron chi connectivity index (χ0n) is 13.6. The van der Waals surface area contributed by atoms with Gasteiger partial charge >= 0.3 is 0 Å². The molecule has 130 valence electrons. The van der Waals surface area contributed by atoms with Gasteiger partial charge in [-0.2, -0.15) is 5.10 Å². The van der Waals surface area contributed by atoms with Gasteiger partial charge in [-0.15, -0.1) is 0 Å². The first-order valence-electron chi connectivity index (χ1n) is 8.24. The van der Waals surface area contributed by atoms with E-state index >= 15 is 0 Å². The van der Waals surface area contributed by atoms with Crippen LogP contribution in [0.15, 0.2) is 36.7 Å². The molecule has 1 aliphatic rings. The van der Waals surface area contributed by atoms with Gasteiger partial charge in [0.25, 0.3) is 0 Å². The lowest BCUT2D eigenvalue weighted by molar-refractivity contribution is 0.284. The number of hydrogen-bond acceptors (Lipinski definition) is 6. The first-order chi connectivity index (χ1) is 12.3. The van der Waals surface area contributed by atoms with E-state index < -0.39 is 0 Å². The minimum atomic E-state index is -0.333. The van der Waals surface area contributed by atoms with Crippen molar-refractivity contribution in [1.29, 1.82) is 0 Å². The quantitative estimate of drug-likeness (QED) is 0.575. The number of benzene rings is 1. The third-order valence-corrected chi connectivity index (χ3v) is 4.02. The maximum atomic E-state index is 14.4. The van der Waals surface area contributed by atoms with Crippen LogP contribution in [0.4, 0.5) is 10.2 Å². The SMILES string of the molecule is Fc1ccc2cc1-c1cnn3ccc(nc13)NCCNCCNCO2. The van der Waals surface area contributed by atoms with Crippen LogP contribution in [0.2, 0.25) is 0 Å². The van der Waals surface area contributed by atoms with Gasteiger partial charge in [0.15, 0.2) is 5.65 Å². The summed E-state index contributed by atoms with van der Waals surface area (Å²) in [6, 6.07) is 6.55. The van der Waals surface area contributed by atoms with E-state index in [1.807, 2.05) is 12.3 Å². The van der Waals surface area contributed by atoms with Gasteiger partial charge in [-0.3, -0.25) is 5.32 Å². The zero-order chi connectivity index (χ0) is 17.1. The van der Waals surface area contributed by atoms with Gasteiger partial charge in [-0.1, -0.05) is 0 Å². The van der Waals surface area contributed by atoms with E-state index in [2.05, 4.69) is 26.0 Å². The van der Waals surface area contributed by atoms with Gasteiger partial charge in [-0.05, 0) is 24.3 Å². The van der Waals surface area contributed by atoms with Crippen molar-refractivity contribution in [2.24, 2.45) is 0 Å². The van der Waals surface area contributed by atoms with Crippen LogP contribution < -0.4 is 20.7 Å². The van der Waals surface area contributed by atoms with E-state index in [1.165, 1.54) is 6.07 Å². The van der Waals surface area contributed by atoms with Crippen molar-refractivity contribution >= 4 is 11.5 Å². The monoisotopic (exact) mass is 342 g/mol. The Kier molecular flexibility index (Phi) is 4.45. The molecule has 0 unspecified atom stereocenters. The molecule has 0 amide bonds. The van der Waals surface area contributed by atoms with Crippen LogP contribution in [-0.4, -0.2) is 47.5 Å². The third-order valence-electron chi connectivity index (χ3n) is 4.02. The van der Waals surface area contributed by atoms with Crippen LogP contribution in [0.25, 0.3) is 16.8 Å². The Labute approximate surface area is 144 Å². The molecule has 4 rings (SSSR count). The molecule has 0 atom stereocenters. The molecule has 1 aromatic carbocycles. The van der Waals surface area contributed by atoms with Crippen LogP contribution >= 0.6 is 0 Å². The number of ether oxygens (including phenoxy) is 1. The second-order valence-electron chi connectivity index (χ2n) is 5.75. The molecule has 3 aromatic rings. The molecule has 0 aliphatic carbocycles. The summed E-state index contributed by atoms with van der Waals surface area (Å²) >= 11 is 0. The van der Waals surface area contributed by atoms with Gasteiger partial charge in [0.2, 0.25) is 0 Å². The summed E-state index contributed by atoms with van der Waals surface area (Å²) in [5.74, 6) is 0.993. The first kappa shape index (κ1) is 15.8. The Morgan fingerprint density at radius 1 is 1.04 bits per heavy atom. The fraction of sp³-hybridized carbons (Fsp3) is 0.294. The lowest BCUT2D eigenvalue weighted by atomic mass is 10.1. The summed E-state index contributed by atoms with van der Waals surface area (Å²) < 4.78 is 21.7. The molecule has 25 heavy (non-hydrogen) atoms. The highest BCUT2D eigenvalue weighted by molar-refractivity contribution is 5.78. The van der Waals surface area contributed by atoms with E-state index in [0.717, 1.165) is 32.0 Å². The van der Waals surface area contributed by atoms with Crippen LogP contribution in [0.1, 0.15) is 0 Å². The molecule has 7 nitrogen and oxygen atoms in total. The fourth-order valence-corrected chi connectivity index (χ4v) is 2.75. The Balaban J connectivity index is 1.77. The van der Waals surface area contributed by atoms with Gasteiger partial charge in [0.1, 0.15) is 24.1 Å². The highest BCUT2D eigenvalue weighted by Gasteiger charge is 2.14. The van der Waals surface area contributed by atoms with Gasteiger partial charge in [0, 0.05) is 43.5 Å². The molecule has 3 N–H and O–H groups in total. The molecule has 0 fully saturated rings. The number of hydrogen-bond donors (Lipinski definition) is 3. The summed E-state index contributed by atoms with van der Waals surface area (Å²) in [5, 5.41) is 14.0. The van der Waals surface area contributed by atoms with E-state index in [1.54, 1.807) is 22.8 Å². The average Bonchev–Trinajstić information content (AvgIpc) is 3.04. The third kappa shape index (κ3) is 3.40. The molecule has 1 aliphatic heterocycles. The predicted molar refractivity (Wildman–Crippen MR) is 93.2 cm³/mol. The molecule has 3 heterocycles. The maximum Gasteiger partial charge on any atom is 0.165 e. The molecular weight excluding hydrogens is 323 g/mol. The number of halogens is 1. The van der Waals surface area contributed by atoms with E-state index in [-0.39, 0.29) is 5.82 Å². The van der Waals surface area contributed by atoms with Crippen LogP contribution in [0, 0.1) is 5.82 Å². The predicted octanol–water partition coefficient (Wildman–Crippen LogP) is 1.48. The Morgan fingerprint density at radius 3 is 2.88 bits per heavy atom. The number of nitrogens with zero attached hydrogens (tertiary/aromatic N) is 3. The number of nitrogens with one attached hydrogen (secondary N) is 3. The normalized spacial score (nSPS) is 15.7. The van der Waals surface area contributed by atoms with Crippen molar-refractivity contribution in [2.45, 2.75) is 0 Å².